The van der Waals surface area contributed by atoms with Gasteiger partial charge in [-0.05, 0) is 288 Å². The van der Waals surface area contributed by atoms with Crippen molar-refractivity contribution < 1.29 is 37.9 Å². The van der Waals surface area contributed by atoms with Crippen molar-refractivity contribution in [2.75, 3.05) is 52.9 Å². The highest BCUT2D eigenvalue weighted by molar-refractivity contribution is 9.40. The van der Waals surface area contributed by atoms with Crippen molar-refractivity contribution in [1.82, 2.24) is 0 Å². The Balaban J connectivity index is 0.000000310. The number of benzene rings is 5. The Morgan fingerprint density at radius 1 is 0.210 bits per heavy atom. The third-order valence-corrected chi connectivity index (χ3v) is 61.1. The Hall–Kier alpha value is 0.180. The number of hydrogen-bond acceptors (Lipinski definition) is 28. The molecule has 0 amide bonds. The fourth-order valence-corrected chi connectivity index (χ4v) is 60.3. The van der Waals surface area contributed by atoms with Crippen molar-refractivity contribution in [3.63, 3.8) is 0 Å². The number of ether oxygens (including phenoxy) is 8. The first-order valence-corrected chi connectivity index (χ1v) is 70.8. The standard InChI is InChI=1S/C52H70O4S10.C44H66O4S10/c1-5-7-9-11-13-15-17-19-33-54-49-40-46(50(55-34-20-18-16-14-12-10-8-6-2)39-44(49)30-29-43-27-25-41(3)26-28-43)32-31-45-38-47(53-35-21-23-51-57-61-65-62-58-51)42(4)37-48(45)56-36-22-24-52-59-63-66-64-60-52;1-5-7-9-11-13-15-17-19-27-45-39-33-37(41(31-35(39)3)47-28-20-18-16-14-12-10-8-6-2)25-26-38-34-40(46-29-21-23-43-49-53-57-54-50-43)36(4)32-42(38)48-30-22-24-44-51-55-58-56-52-44/h25-28,37-40,51-52H,5-24,33-36H2,1-4H3;31-34,43-44H,5-24,27-30H2,1-4H3. The van der Waals surface area contributed by atoms with E-state index in [0.29, 0.717) is 64.6 Å². The van der Waals surface area contributed by atoms with E-state index in [4.69, 9.17) is 37.9 Å². The third kappa shape index (κ3) is 48.1. The summed E-state index contributed by atoms with van der Waals surface area (Å²) in [5.41, 5.74) is 9.58. The van der Waals surface area contributed by atoms with E-state index < -0.39 is 0 Å². The number of aryl methyl sites for hydroxylation is 4. The van der Waals surface area contributed by atoms with Gasteiger partial charge in [-0.15, -0.1) is 0 Å². The van der Waals surface area contributed by atoms with Crippen molar-refractivity contribution in [2.45, 2.75) is 331 Å². The zero-order chi connectivity index (χ0) is 87.2. The Morgan fingerprint density at radius 2 is 0.403 bits per heavy atom. The molecule has 28 heteroatoms. The van der Waals surface area contributed by atoms with Crippen LogP contribution in [0.1, 0.15) is 340 Å². The highest BCUT2D eigenvalue weighted by Gasteiger charge is 2.23. The second kappa shape index (κ2) is 71.7. The normalized spacial score (nSPS) is 14.5. The molecular weight excluding hydrogens is 1920 g/mol. The SMILES string of the molecule is CCCCCCCCCCOc1cc(C#Cc2cc(OCCCC3SSSSS3)c(C)cc2OCCCC2SSSSS2)c(OCCCCCCCCCC)cc1C.CCCCCCCCCCOc1cc(C#Cc2cc(OCCCC3SSSSS3)c(C)cc2OCCCC2SSSSS2)c(OCCCCCCCCCC)cc1C#Cc1ccc(C)cc1. The van der Waals surface area contributed by atoms with Crippen molar-refractivity contribution >= 4 is 204 Å². The molecule has 0 saturated carbocycles. The van der Waals surface area contributed by atoms with Crippen LogP contribution in [0.2, 0.25) is 0 Å². The van der Waals surface area contributed by atoms with Crippen molar-refractivity contribution in [3.05, 3.63) is 128 Å². The van der Waals surface area contributed by atoms with E-state index in [9.17, 15) is 0 Å². The largest absolute Gasteiger partial charge is 0.493 e. The molecule has 0 atom stereocenters. The summed E-state index contributed by atoms with van der Waals surface area (Å²) in [6.45, 7) is 22.9. The predicted molar refractivity (Wildman–Crippen MR) is 587 cm³/mol. The molecule has 0 unspecified atom stereocenters. The first kappa shape index (κ1) is 109. The molecule has 688 valence electrons. The van der Waals surface area contributed by atoms with Crippen LogP contribution in [0.4, 0.5) is 0 Å². The Kier molecular flexibility index (Phi) is 63.3. The van der Waals surface area contributed by atoms with Gasteiger partial charge in [-0.1, -0.05) is 347 Å². The molecule has 4 fully saturated rings. The van der Waals surface area contributed by atoms with Crippen molar-refractivity contribution in [2.24, 2.45) is 0 Å². The highest BCUT2D eigenvalue weighted by Crippen LogP contribution is 2.63. The summed E-state index contributed by atoms with van der Waals surface area (Å²) >= 11 is 0. The first-order chi connectivity index (χ1) is 61.1. The zero-order valence-electron chi connectivity index (χ0n) is 74.6. The van der Waals surface area contributed by atoms with Crippen LogP contribution in [0.15, 0.2) is 72.8 Å². The molecule has 0 bridgehead atoms. The average Bonchev–Trinajstić information content (AvgIpc) is 0.818. The van der Waals surface area contributed by atoms with Gasteiger partial charge >= 0.3 is 0 Å². The fourth-order valence-electron chi connectivity index (χ4n) is 13.5. The van der Waals surface area contributed by atoms with E-state index in [1.54, 1.807) is 0 Å². The van der Waals surface area contributed by atoms with E-state index in [0.717, 1.165) is 193 Å². The molecule has 8 nitrogen and oxygen atoms in total. The Bertz CT molecular complexity index is 3880. The summed E-state index contributed by atoms with van der Waals surface area (Å²) in [6, 6.07) is 25.2. The van der Waals surface area contributed by atoms with Gasteiger partial charge in [-0.25, -0.2) is 0 Å². The van der Waals surface area contributed by atoms with Crippen LogP contribution in [0, 0.1) is 63.2 Å². The molecular formula is C96H136O8S20. The third-order valence-electron chi connectivity index (χ3n) is 20.8. The molecule has 0 radical (unpaired) electrons. The lowest BCUT2D eigenvalue weighted by Crippen LogP contribution is -2.06. The van der Waals surface area contributed by atoms with Gasteiger partial charge in [0.25, 0.3) is 0 Å². The van der Waals surface area contributed by atoms with Gasteiger partial charge in [0.15, 0.2) is 0 Å². The van der Waals surface area contributed by atoms with Crippen LogP contribution >= 0.6 is 204 Å². The van der Waals surface area contributed by atoms with Gasteiger partial charge in [-0.3, -0.25) is 0 Å². The molecule has 4 saturated heterocycles. The molecule has 124 heavy (non-hydrogen) atoms. The predicted octanol–water partition coefficient (Wildman–Crippen LogP) is 38.2. The van der Waals surface area contributed by atoms with Gasteiger partial charge in [-0.2, -0.15) is 0 Å². The van der Waals surface area contributed by atoms with Crippen molar-refractivity contribution in [3.8, 4) is 81.5 Å². The summed E-state index contributed by atoms with van der Waals surface area (Å²) in [7, 11) is 38.2. The maximum absolute atomic E-state index is 6.66. The molecule has 0 N–H and O–H groups in total. The summed E-state index contributed by atoms with van der Waals surface area (Å²) in [6.07, 6.45) is 48.9. The number of rotatable bonds is 60. The monoisotopic (exact) mass is 2060 g/mol. The minimum absolute atomic E-state index is 0.573. The lowest BCUT2D eigenvalue weighted by Gasteiger charge is -2.19. The van der Waals surface area contributed by atoms with Crippen LogP contribution in [-0.2, 0) is 0 Å². The van der Waals surface area contributed by atoms with E-state index in [1.165, 1.54) is 173 Å². The smallest absolute Gasteiger partial charge is 0.136 e. The zero-order valence-corrected chi connectivity index (χ0v) is 90.9. The Morgan fingerprint density at radius 3 is 0.645 bits per heavy atom. The van der Waals surface area contributed by atoms with Gasteiger partial charge in [0.2, 0.25) is 0 Å². The van der Waals surface area contributed by atoms with Crippen LogP contribution in [0.3, 0.4) is 0 Å². The van der Waals surface area contributed by atoms with Crippen LogP contribution in [-0.4, -0.2) is 71.2 Å². The van der Waals surface area contributed by atoms with Crippen LogP contribution in [0.5, 0.6) is 46.0 Å². The maximum atomic E-state index is 6.66. The first-order valence-electron chi connectivity index (χ1n) is 45.6. The molecule has 4 aliphatic heterocycles. The van der Waals surface area contributed by atoms with Crippen molar-refractivity contribution in [1.29, 1.82) is 0 Å². The second-order valence-electron chi connectivity index (χ2n) is 31.4. The van der Waals surface area contributed by atoms with E-state index in [1.807, 2.05) is 204 Å². The second-order valence-corrected chi connectivity index (χ2v) is 64.5. The minimum Gasteiger partial charge on any atom is -0.493 e. The summed E-state index contributed by atoms with van der Waals surface area (Å²) < 4.78 is 54.6. The van der Waals surface area contributed by atoms with E-state index in [2.05, 4.69) is 164 Å². The molecule has 5 aromatic rings. The molecule has 4 heterocycles. The van der Waals surface area contributed by atoms with E-state index >= 15 is 0 Å². The average molecular weight is 2060 g/mol. The quantitative estimate of drug-likeness (QED) is 0.0210. The molecule has 0 aromatic heterocycles. The fraction of sp³-hybridized carbons (Fsp3) is 0.625. The highest BCUT2D eigenvalue weighted by atomic mass is 33.8. The van der Waals surface area contributed by atoms with Gasteiger partial charge in [0, 0.05) is 17.7 Å². The summed E-state index contributed by atoms with van der Waals surface area (Å²) in [5, 5.41) is 0. The number of unbranched alkanes of at least 4 members (excludes halogenated alkanes) is 28. The van der Waals surface area contributed by atoms with Crippen LogP contribution in [0.25, 0.3) is 0 Å². The Labute approximate surface area is 825 Å². The lowest BCUT2D eigenvalue weighted by atomic mass is 10.1. The topological polar surface area (TPSA) is 73.8 Å². The summed E-state index contributed by atoms with van der Waals surface area (Å²) in [5.74, 6) is 27.7. The molecule has 5 aromatic carbocycles. The summed E-state index contributed by atoms with van der Waals surface area (Å²) in [4.78, 5) is 0. The lowest BCUT2D eigenvalue weighted by molar-refractivity contribution is 0.294. The van der Waals surface area contributed by atoms with E-state index in [-0.39, 0.29) is 0 Å². The molecule has 0 spiro atoms. The minimum atomic E-state index is 0.573. The van der Waals surface area contributed by atoms with Crippen LogP contribution < -0.4 is 37.9 Å². The number of hydrogen-bond donors (Lipinski definition) is 0. The van der Waals surface area contributed by atoms with Gasteiger partial charge in [0.1, 0.15) is 46.0 Å². The molecule has 9 rings (SSSR count). The van der Waals surface area contributed by atoms with Gasteiger partial charge in [0.05, 0.1) is 99.0 Å². The molecule has 4 aliphatic rings. The van der Waals surface area contributed by atoms with Gasteiger partial charge < -0.3 is 37.9 Å². The maximum Gasteiger partial charge on any atom is 0.136 e. The molecule has 0 aliphatic carbocycles.